The minimum absolute atomic E-state index is 0.0420. The number of fused-ring (bicyclic) bond motifs is 3. The number of carbonyl (C=O) groups excluding carboxylic acids is 5. The molecule has 1 spiro atoms. The van der Waals surface area contributed by atoms with Crippen LogP contribution >= 0.6 is 23.2 Å². The summed E-state index contributed by atoms with van der Waals surface area (Å²) in [6.45, 7) is 11.3. The number of hydrogen-bond donors (Lipinski definition) is 5. The van der Waals surface area contributed by atoms with E-state index in [0.29, 0.717) is 52.4 Å². The van der Waals surface area contributed by atoms with Gasteiger partial charge in [-0.25, -0.2) is 4.39 Å². The van der Waals surface area contributed by atoms with E-state index in [4.69, 9.17) is 32.7 Å². The molecule has 13 nitrogen and oxygen atoms in total. The molecule has 9 rings (SSSR count). The van der Waals surface area contributed by atoms with E-state index < -0.39 is 52.6 Å². The van der Waals surface area contributed by atoms with E-state index in [-0.39, 0.29) is 72.1 Å². The van der Waals surface area contributed by atoms with Crippen molar-refractivity contribution in [2.24, 2.45) is 5.41 Å². The summed E-state index contributed by atoms with van der Waals surface area (Å²) in [5.41, 5.74) is 4.58. The van der Waals surface area contributed by atoms with Crippen LogP contribution in [0, 0.1) is 23.1 Å². The van der Waals surface area contributed by atoms with Gasteiger partial charge < -0.3 is 35.6 Å². The number of methoxy groups -OCH3 is 1. The number of ether oxygens (including phenoxy) is 2. The summed E-state index contributed by atoms with van der Waals surface area (Å²) in [5, 5.41) is 16.1. The Labute approximate surface area is 416 Å². The molecule has 5 amide bonds. The predicted molar refractivity (Wildman–Crippen MR) is 266 cm³/mol. The molecule has 16 heteroatoms. The maximum atomic E-state index is 16.3. The van der Waals surface area contributed by atoms with Crippen molar-refractivity contribution in [3.05, 3.63) is 133 Å². The fraction of sp³-hybridized carbons (Fsp3) is 0.389. The van der Waals surface area contributed by atoms with Gasteiger partial charge in [0.05, 0.1) is 36.1 Å². The monoisotopic (exact) mass is 988 g/mol. The highest BCUT2D eigenvalue weighted by Gasteiger charge is 2.61. The molecule has 2 fully saturated rings. The molecule has 5 atom stereocenters. The van der Waals surface area contributed by atoms with Gasteiger partial charge in [-0.2, -0.15) is 0 Å². The largest absolute Gasteiger partial charge is 0.495 e. The second-order valence-corrected chi connectivity index (χ2v) is 21.4. The van der Waals surface area contributed by atoms with Crippen LogP contribution in [0.4, 0.5) is 15.8 Å². The average Bonchev–Trinajstić information content (AvgIpc) is 3.96. The van der Waals surface area contributed by atoms with Crippen LogP contribution in [0.15, 0.2) is 83.9 Å². The Balaban J connectivity index is 0.949. The number of piperidine rings is 1. The van der Waals surface area contributed by atoms with Gasteiger partial charge in [-0.05, 0) is 103 Å². The van der Waals surface area contributed by atoms with Crippen molar-refractivity contribution in [2.75, 3.05) is 37.4 Å². The second-order valence-electron chi connectivity index (χ2n) is 20.5. The molecule has 5 heterocycles. The lowest BCUT2D eigenvalue weighted by Crippen LogP contribution is -2.52. The van der Waals surface area contributed by atoms with E-state index in [1.807, 2.05) is 38.1 Å². The number of nitrogens with zero attached hydrogens (tertiary/aromatic N) is 1. The smallest absolute Gasteiger partial charge is 0.255 e. The van der Waals surface area contributed by atoms with Crippen LogP contribution < -0.4 is 31.3 Å². The Bertz CT molecular complexity index is 2960. The van der Waals surface area contributed by atoms with Crippen LogP contribution in [0.1, 0.15) is 109 Å². The van der Waals surface area contributed by atoms with Crippen molar-refractivity contribution in [1.29, 1.82) is 0 Å². The second kappa shape index (κ2) is 18.8. The zero-order chi connectivity index (χ0) is 49.9. The van der Waals surface area contributed by atoms with Gasteiger partial charge in [-0.1, -0.05) is 80.1 Å². The van der Waals surface area contributed by atoms with Crippen molar-refractivity contribution < 1.29 is 37.8 Å². The lowest BCUT2D eigenvalue weighted by Gasteiger charge is -2.39. The van der Waals surface area contributed by atoms with Gasteiger partial charge >= 0.3 is 0 Å². The summed E-state index contributed by atoms with van der Waals surface area (Å²) in [5.74, 6) is 3.61. The molecule has 4 aromatic carbocycles. The number of hydrogen-bond acceptors (Lipinski definition) is 9. The van der Waals surface area contributed by atoms with Crippen molar-refractivity contribution in [3.63, 3.8) is 0 Å². The zero-order valence-electron chi connectivity index (χ0n) is 39.8. The molecular formula is C54H55Cl2FN6O7. The van der Waals surface area contributed by atoms with Crippen LogP contribution in [0.3, 0.4) is 0 Å². The minimum atomic E-state index is -0.928. The highest BCUT2D eigenvalue weighted by molar-refractivity contribution is 6.31. The van der Waals surface area contributed by atoms with E-state index in [1.54, 1.807) is 42.5 Å². The summed E-state index contributed by atoms with van der Waals surface area (Å²) < 4.78 is 28.3. The Hall–Kier alpha value is -6.24. The fourth-order valence-corrected chi connectivity index (χ4v) is 11.2. The van der Waals surface area contributed by atoms with Crippen LogP contribution in [0.2, 0.25) is 10.0 Å². The third kappa shape index (κ3) is 9.28. The number of nitrogens with one attached hydrogen (secondary N) is 5. The SMILES string of the molecule is COc1cc(C(=O)NCC2=C(C#Cc3cccc4c3CN(C3CCC(=O)NC3=O)C4=O)CC(C)(C)OC2)ccc1NC(=O)[C@@H]1N[C@@H](CC(C)(C)C)[C@@]2(CNc3cc(Cl)ccc32)[C@H]1c1cccc(Cl)c1F. The molecule has 4 aromatic rings. The highest BCUT2D eigenvalue weighted by Crippen LogP contribution is 2.57. The van der Waals surface area contributed by atoms with Crippen molar-refractivity contribution in [2.45, 2.75) is 102 Å². The third-order valence-corrected chi connectivity index (χ3v) is 14.7. The number of carbonyl (C=O) groups is 5. The Morgan fingerprint density at radius 3 is 2.56 bits per heavy atom. The number of rotatable bonds is 9. The molecule has 0 aliphatic carbocycles. The molecule has 2 saturated heterocycles. The standard InChI is InChI=1S/C54H55Cl2FN6O7/c1-52(2,3)24-43-54(28-59-40-22-33(55)16-17-37(40)54)45(35-11-8-12-38(56)46(35)57)47(61-43)50(67)60-39-18-15-30(21-42(39)69-6)48(65)58-25-32-27-70-53(4,5)23-31(32)14-13-29-9-7-10-34-36(29)26-63(51(34)68)41-19-20-44(64)62-49(41)66/h7-12,15-18,21-22,41,43,45,47,59,61H,19-20,23-28H2,1-6H3,(H,58,65)(H,60,67)(H,62,64,66)/t41?,43-,45-,47+,54-/m0/s1. The molecule has 0 bridgehead atoms. The quantitative estimate of drug-likeness (QED) is 0.0824. The molecular weight excluding hydrogens is 935 g/mol. The number of amides is 5. The third-order valence-electron chi connectivity index (χ3n) is 14.1. The number of imide groups is 1. The van der Waals surface area contributed by atoms with Crippen LogP contribution in [-0.2, 0) is 31.1 Å². The van der Waals surface area contributed by atoms with Gasteiger partial charge in [0.25, 0.3) is 11.8 Å². The van der Waals surface area contributed by atoms with Gasteiger partial charge in [-0.15, -0.1) is 0 Å². The summed E-state index contributed by atoms with van der Waals surface area (Å²) in [7, 11) is 1.45. The molecule has 70 heavy (non-hydrogen) atoms. The molecule has 1 unspecified atom stereocenters. The Morgan fingerprint density at radius 2 is 1.80 bits per heavy atom. The number of benzene rings is 4. The molecule has 5 N–H and O–H groups in total. The van der Waals surface area contributed by atoms with E-state index in [0.717, 1.165) is 22.4 Å². The van der Waals surface area contributed by atoms with E-state index >= 15 is 4.39 Å². The van der Waals surface area contributed by atoms with E-state index in [2.05, 4.69) is 59.2 Å². The molecule has 0 radical (unpaired) electrons. The predicted octanol–water partition coefficient (Wildman–Crippen LogP) is 8.04. The molecule has 0 saturated carbocycles. The van der Waals surface area contributed by atoms with E-state index in [9.17, 15) is 24.0 Å². The minimum Gasteiger partial charge on any atom is -0.495 e. The fourth-order valence-electron chi connectivity index (χ4n) is 10.8. The van der Waals surface area contributed by atoms with Crippen LogP contribution in [-0.4, -0.2) is 85.0 Å². The van der Waals surface area contributed by atoms with Gasteiger partial charge in [0, 0.05) is 82.8 Å². The zero-order valence-corrected chi connectivity index (χ0v) is 41.3. The lowest BCUT2D eigenvalue weighted by molar-refractivity contribution is -0.137. The van der Waals surface area contributed by atoms with Gasteiger partial charge in [0.2, 0.25) is 17.7 Å². The van der Waals surface area contributed by atoms with Gasteiger partial charge in [0.1, 0.15) is 17.6 Å². The first-order valence-corrected chi connectivity index (χ1v) is 24.2. The van der Waals surface area contributed by atoms with Gasteiger partial charge in [0.15, 0.2) is 0 Å². The number of halogens is 3. The summed E-state index contributed by atoms with van der Waals surface area (Å²) in [6, 6.07) is 18.7. The Kier molecular flexibility index (Phi) is 13.1. The van der Waals surface area contributed by atoms with Crippen LogP contribution in [0.5, 0.6) is 5.75 Å². The first-order valence-electron chi connectivity index (χ1n) is 23.4. The van der Waals surface area contributed by atoms with Crippen molar-refractivity contribution in [1.82, 2.24) is 20.9 Å². The summed E-state index contributed by atoms with van der Waals surface area (Å²) >= 11 is 12.9. The first kappa shape index (κ1) is 48.8. The van der Waals surface area contributed by atoms with Crippen molar-refractivity contribution >= 4 is 64.1 Å². The Morgan fingerprint density at radius 1 is 1.01 bits per heavy atom. The van der Waals surface area contributed by atoms with Gasteiger partial charge in [-0.3, -0.25) is 29.3 Å². The highest BCUT2D eigenvalue weighted by atomic mass is 35.5. The maximum absolute atomic E-state index is 16.3. The van der Waals surface area contributed by atoms with Crippen LogP contribution in [0.25, 0.3) is 0 Å². The first-order chi connectivity index (χ1) is 33.3. The normalized spacial score (nSPS) is 23.6. The molecule has 364 valence electrons. The number of anilines is 2. The molecule has 0 aromatic heterocycles. The lowest BCUT2D eigenvalue weighted by atomic mass is 9.63. The summed E-state index contributed by atoms with van der Waals surface area (Å²) in [6.07, 6.45) is 1.55. The molecule has 5 aliphatic heterocycles. The average molecular weight is 990 g/mol. The van der Waals surface area contributed by atoms with Crippen molar-refractivity contribution in [3.8, 4) is 17.6 Å². The molecule has 5 aliphatic rings. The van der Waals surface area contributed by atoms with E-state index in [1.165, 1.54) is 18.1 Å². The topological polar surface area (TPSA) is 167 Å². The maximum Gasteiger partial charge on any atom is 0.255 e. The summed E-state index contributed by atoms with van der Waals surface area (Å²) in [4.78, 5) is 68.1.